The molecule has 0 amide bonds. The molecule has 0 heterocycles. The van der Waals surface area contributed by atoms with E-state index in [2.05, 4.69) is 118 Å². The van der Waals surface area contributed by atoms with Gasteiger partial charge in [0.2, 0.25) is 0 Å². The number of rotatable bonds is 26. The molecule has 2 aromatic carbocycles. The number of hydrogen-bond donors (Lipinski definition) is 5. The summed E-state index contributed by atoms with van der Waals surface area (Å²) in [6.45, 7) is 9.22. The van der Waals surface area contributed by atoms with Gasteiger partial charge in [0.25, 0.3) is 0 Å². The molecule has 378 valence electrons. The molecule has 0 radical (unpaired) electrons. The zero-order valence-corrected chi connectivity index (χ0v) is 52.5. The summed E-state index contributed by atoms with van der Waals surface area (Å²) in [5.74, 6) is 1.48. The molecule has 0 saturated heterocycles. The molecule has 7 N–H and O–H groups in total. The van der Waals surface area contributed by atoms with Crippen molar-refractivity contribution in [1.29, 1.82) is 0 Å². The molecule has 3 saturated carbocycles. The summed E-state index contributed by atoms with van der Waals surface area (Å²) in [6, 6.07) is 20.0. The summed E-state index contributed by atoms with van der Waals surface area (Å²) < 4.78 is 11.1. The second kappa shape index (κ2) is 40.3. The number of aliphatic hydroxyl groups is 3. The summed E-state index contributed by atoms with van der Waals surface area (Å²) in [4.78, 5) is 38.1. The van der Waals surface area contributed by atoms with E-state index in [0.29, 0.717) is 50.3 Å². The first-order valence-electron chi connectivity index (χ1n) is 23.1. The number of nitrogens with zero attached hydrogens (tertiary/aromatic N) is 1. The Kier molecular flexibility index (Phi) is 41.4. The number of unbranched alkanes of at least 4 members (excludes halogenated alkanes) is 3. The van der Waals surface area contributed by atoms with Crippen molar-refractivity contribution >= 4 is 117 Å². The van der Waals surface area contributed by atoms with Crippen LogP contribution in [-0.2, 0) is 20.9 Å². The molecule has 7 atom stereocenters. The van der Waals surface area contributed by atoms with Crippen LogP contribution in [0.2, 0.25) is 0 Å². The third-order valence-corrected chi connectivity index (χ3v) is 11.8. The average Bonchev–Trinajstić information content (AvgIpc) is 4.14. The quantitative estimate of drug-likeness (QED) is 0.0576. The first-order chi connectivity index (χ1) is 30.5. The van der Waals surface area contributed by atoms with Gasteiger partial charge in [-0.05, 0) is 93.6 Å². The SMILES string of the molecule is CCCC[C@@H]([C@H](O)C(=O)CC1CC1)N(Cc1ccccc1)[C@@H](C)c1ccccc1.CCCC[C@H](N)[C@H](O)C(=O)CC1CC1.CCCC[C@H](N)[C@H](O)C(=O)CC1CC1.Cl.FI(I)I.I[I-]I. The number of carbonyl (C=O) groups excluding carboxylic acids is 3. The van der Waals surface area contributed by atoms with E-state index >= 15 is 0 Å². The number of benzene rings is 2. The first-order valence-corrected chi connectivity index (χ1v) is 49.0. The molecular weight excluding hydrogens is 1530 g/mol. The van der Waals surface area contributed by atoms with Crippen LogP contribution in [0, 0.1) is 17.8 Å². The predicted octanol–water partition coefficient (Wildman–Crippen LogP) is 10.3. The third-order valence-electron chi connectivity index (χ3n) is 11.8. The number of Topliss-reactive ketones (excluding diaryl/α,β-unsaturated/α-hetero) is 3. The maximum absolute atomic E-state index is 12.8. The topological polar surface area (TPSA) is 167 Å². The zero-order chi connectivity index (χ0) is 48.0. The second-order valence-corrected chi connectivity index (χ2v) is 54.7. The summed E-state index contributed by atoms with van der Waals surface area (Å²) in [7, 11) is 0. The van der Waals surface area contributed by atoms with Crippen molar-refractivity contribution in [3.05, 3.63) is 71.8 Å². The van der Waals surface area contributed by atoms with Gasteiger partial charge < -0.3 is 26.8 Å². The van der Waals surface area contributed by atoms with E-state index < -0.39 is 30.8 Å². The van der Waals surface area contributed by atoms with Crippen molar-refractivity contribution in [2.45, 2.75) is 192 Å². The Labute approximate surface area is 454 Å². The van der Waals surface area contributed by atoms with Gasteiger partial charge in [-0.3, -0.25) is 19.3 Å². The molecule has 65 heavy (non-hydrogen) atoms. The molecule has 0 aromatic heterocycles. The second-order valence-electron chi connectivity index (χ2n) is 17.5. The zero-order valence-electron chi connectivity index (χ0n) is 38.7. The number of ketones is 3. The number of aliphatic hydroxyl groups excluding tert-OH is 3. The van der Waals surface area contributed by atoms with Crippen molar-refractivity contribution in [1.82, 2.24) is 4.90 Å². The molecular formula is C48H78ClFI6N3O6-. The number of hydrogen-bond acceptors (Lipinski definition) is 9. The van der Waals surface area contributed by atoms with Crippen LogP contribution in [-0.4, -0.2) is 74.0 Å². The van der Waals surface area contributed by atoms with Crippen LogP contribution < -0.4 is 24.7 Å². The fraction of sp³-hybridized carbons (Fsp3) is 0.688. The minimum atomic E-state index is -1.82. The Hall–Kier alpha value is 1.81. The van der Waals surface area contributed by atoms with Crippen LogP contribution in [0.3, 0.4) is 0 Å². The number of carbonyl (C=O) groups is 3. The molecule has 5 rings (SSSR count). The Morgan fingerprint density at radius 1 is 0.677 bits per heavy atom. The molecule has 3 aliphatic carbocycles. The molecule has 2 aromatic rings. The van der Waals surface area contributed by atoms with E-state index in [1.807, 2.05) is 49.4 Å². The van der Waals surface area contributed by atoms with Gasteiger partial charge in [0.05, 0.1) is 0 Å². The van der Waals surface area contributed by atoms with Crippen molar-refractivity contribution in [2.75, 3.05) is 0 Å². The van der Waals surface area contributed by atoms with Crippen molar-refractivity contribution in [3.63, 3.8) is 0 Å². The Bertz CT molecular complexity index is 1480. The van der Waals surface area contributed by atoms with E-state index in [1.54, 1.807) is 0 Å². The summed E-state index contributed by atoms with van der Waals surface area (Å²) in [6.07, 6.45) is 14.1. The van der Waals surface area contributed by atoms with Crippen LogP contribution in [0.15, 0.2) is 60.7 Å². The minimum absolute atomic E-state index is 0. The monoisotopic (exact) mass is 1610 g/mol. The molecule has 0 bridgehead atoms. The van der Waals surface area contributed by atoms with E-state index in [9.17, 15) is 32.6 Å². The van der Waals surface area contributed by atoms with Gasteiger partial charge in [-0.1, -0.05) is 120 Å². The van der Waals surface area contributed by atoms with E-state index in [-0.39, 0.29) is 53.9 Å². The van der Waals surface area contributed by atoms with Crippen LogP contribution >= 0.6 is 99.3 Å². The Balaban J connectivity index is 0.000000955. The van der Waals surface area contributed by atoms with Crippen molar-refractivity contribution < 1.29 is 45.8 Å². The van der Waals surface area contributed by atoms with Gasteiger partial charge in [-0.25, -0.2) is 0 Å². The number of nitrogens with two attached hydrogens (primary N) is 2. The fourth-order valence-electron chi connectivity index (χ4n) is 7.25. The van der Waals surface area contributed by atoms with Gasteiger partial charge >= 0.3 is 103 Å². The first kappa shape index (κ1) is 66.8. The van der Waals surface area contributed by atoms with Crippen LogP contribution in [0.1, 0.15) is 160 Å². The Morgan fingerprint density at radius 2 is 1.00 bits per heavy atom. The van der Waals surface area contributed by atoms with Gasteiger partial charge in [0.15, 0.2) is 17.3 Å². The standard InChI is InChI=1S/C26H35NO2.2C11H21NO2.ClH.FI3.I3/c1-3-4-15-24(26(29)25(28)18-21-16-17-21)27(19-22-11-7-5-8-12-22)20(2)23-13-9-6-10-14-23;2*1-2-3-4-9(12)11(14)10(13)7-8-5-6-8;;1-4(2)3;1-3-2/h5-14,20-21,24,26,29H,3-4,15-19H2,1-2H3;2*8-9,11,14H,2-7,12H2,1H3;1H;;/q;;;;;-1/t20-,24-,26-;2*9-,11-;;;/m000.../s1. The Morgan fingerprint density at radius 3 is 1.34 bits per heavy atom. The summed E-state index contributed by atoms with van der Waals surface area (Å²) in [5, 5.41) is 30.4. The van der Waals surface area contributed by atoms with Crippen molar-refractivity contribution in [3.8, 4) is 0 Å². The third kappa shape index (κ3) is 32.5. The van der Waals surface area contributed by atoms with Crippen molar-refractivity contribution in [2.24, 2.45) is 29.2 Å². The predicted molar refractivity (Wildman–Crippen MR) is 309 cm³/mol. The van der Waals surface area contributed by atoms with Crippen LogP contribution in [0.25, 0.3) is 0 Å². The van der Waals surface area contributed by atoms with E-state index in [1.165, 1.54) is 11.1 Å². The summed E-state index contributed by atoms with van der Waals surface area (Å²) in [5.41, 5.74) is 13.9. The molecule has 3 aliphatic rings. The molecule has 17 heteroatoms. The van der Waals surface area contributed by atoms with Gasteiger partial charge in [0.1, 0.15) is 18.3 Å². The van der Waals surface area contributed by atoms with Gasteiger partial charge in [-0.15, -0.1) is 12.4 Å². The maximum atomic E-state index is 12.8. The van der Waals surface area contributed by atoms with Crippen LogP contribution in [0.4, 0.5) is 2.86 Å². The van der Waals surface area contributed by atoms with Crippen LogP contribution in [0.5, 0.6) is 0 Å². The molecule has 0 unspecified atom stereocenters. The van der Waals surface area contributed by atoms with Gasteiger partial charge in [-0.2, -0.15) is 0 Å². The van der Waals surface area contributed by atoms with Gasteiger partial charge in [0, 0.05) is 50.0 Å². The molecule has 3 fully saturated rings. The molecule has 0 aliphatic heterocycles. The van der Waals surface area contributed by atoms with E-state index in [0.717, 1.165) is 103 Å². The normalized spacial score (nSPS) is 17.5. The summed E-state index contributed by atoms with van der Waals surface area (Å²) >= 11 is 7.12. The molecule has 0 spiro atoms. The fourth-order valence-corrected chi connectivity index (χ4v) is 7.25. The average molecular weight is 1610 g/mol. The van der Waals surface area contributed by atoms with E-state index in [4.69, 9.17) is 11.5 Å². The number of halogens is 8. The molecule has 9 nitrogen and oxygen atoms in total.